The third kappa shape index (κ3) is 4.72. The molecule has 0 aliphatic heterocycles. The van der Waals surface area contributed by atoms with Gasteiger partial charge in [0.25, 0.3) is 0 Å². The minimum Gasteiger partial charge on any atom is -0.369 e. The molecule has 2 aliphatic rings. The van der Waals surface area contributed by atoms with Gasteiger partial charge < -0.3 is 11.1 Å². The molecule has 0 saturated heterocycles. The van der Waals surface area contributed by atoms with Gasteiger partial charge in [0.05, 0.1) is 0 Å². The number of hydrogen-bond acceptors (Lipinski definition) is 2. The Morgan fingerprint density at radius 2 is 1.68 bits per heavy atom. The first-order valence-corrected chi connectivity index (χ1v) is 9.18. The van der Waals surface area contributed by atoms with Crippen molar-refractivity contribution in [3.8, 4) is 0 Å². The van der Waals surface area contributed by atoms with Crippen molar-refractivity contribution in [2.24, 2.45) is 29.4 Å². The van der Waals surface area contributed by atoms with Gasteiger partial charge >= 0.3 is 0 Å². The molecule has 0 heterocycles. The molecular weight excluding hydrogens is 276 g/mol. The van der Waals surface area contributed by atoms with Gasteiger partial charge in [-0.05, 0) is 38.0 Å². The van der Waals surface area contributed by atoms with Crippen LogP contribution in [0.3, 0.4) is 0 Å². The normalized spacial score (nSPS) is 22.0. The number of carbonyl (C=O) groups excluding carboxylic acids is 2. The Morgan fingerprint density at radius 1 is 1.05 bits per heavy atom. The highest BCUT2D eigenvalue weighted by atomic mass is 16.2. The molecule has 2 aliphatic carbocycles. The van der Waals surface area contributed by atoms with Crippen LogP contribution in [0, 0.1) is 23.7 Å². The number of nitrogens with two attached hydrogens (primary N) is 1. The van der Waals surface area contributed by atoms with Crippen molar-refractivity contribution in [1.29, 1.82) is 0 Å². The third-order valence-electron chi connectivity index (χ3n) is 5.71. The van der Waals surface area contributed by atoms with E-state index in [1.165, 1.54) is 44.9 Å². The Hall–Kier alpha value is -1.06. The monoisotopic (exact) mass is 308 g/mol. The largest absolute Gasteiger partial charge is 0.369 e. The molecule has 1 unspecified atom stereocenters. The van der Waals surface area contributed by atoms with E-state index in [1.807, 2.05) is 6.92 Å². The van der Waals surface area contributed by atoms with Crippen LogP contribution in [0.4, 0.5) is 0 Å². The zero-order chi connectivity index (χ0) is 15.9. The van der Waals surface area contributed by atoms with Gasteiger partial charge in [0.2, 0.25) is 11.8 Å². The van der Waals surface area contributed by atoms with Crippen molar-refractivity contribution in [3.63, 3.8) is 0 Å². The molecule has 4 nitrogen and oxygen atoms in total. The molecule has 126 valence electrons. The number of carbonyl (C=O) groups is 2. The van der Waals surface area contributed by atoms with Crippen LogP contribution >= 0.6 is 0 Å². The van der Waals surface area contributed by atoms with Gasteiger partial charge in [-0.2, -0.15) is 0 Å². The highest BCUT2D eigenvalue weighted by molar-refractivity contribution is 5.86. The molecule has 0 aromatic rings. The Balaban J connectivity index is 1.97. The van der Waals surface area contributed by atoms with Gasteiger partial charge in [0, 0.05) is 18.4 Å². The summed E-state index contributed by atoms with van der Waals surface area (Å²) in [4.78, 5) is 24.4. The summed E-state index contributed by atoms with van der Waals surface area (Å²) in [6, 6.07) is 0. The standard InChI is InChI=1S/C18H32N2O2/c1-2-20-18(22)16(12-14-8-5-9-14)15(17(19)21)11-10-13-6-3-4-7-13/h13-16H,2-12H2,1H3,(H2,19,21)(H,20,22)/t15-,16?/m0/s1. The van der Waals surface area contributed by atoms with Crippen LogP contribution in [-0.2, 0) is 9.59 Å². The lowest BCUT2D eigenvalue weighted by Gasteiger charge is -2.32. The van der Waals surface area contributed by atoms with Gasteiger partial charge in [-0.25, -0.2) is 0 Å². The summed E-state index contributed by atoms with van der Waals surface area (Å²) < 4.78 is 0. The van der Waals surface area contributed by atoms with Crippen LogP contribution < -0.4 is 11.1 Å². The van der Waals surface area contributed by atoms with Crippen LogP contribution in [0.5, 0.6) is 0 Å². The Morgan fingerprint density at radius 3 is 2.18 bits per heavy atom. The van der Waals surface area contributed by atoms with Gasteiger partial charge in [0.1, 0.15) is 0 Å². The zero-order valence-electron chi connectivity index (χ0n) is 14.0. The lowest BCUT2D eigenvalue weighted by molar-refractivity contribution is -0.134. The molecule has 2 rings (SSSR count). The second-order valence-corrected chi connectivity index (χ2v) is 7.27. The molecule has 0 radical (unpaired) electrons. The summed E-state index contributed by atoms with van der Waals surface area (Å²) in [5, 5.41) is 2.92. The smallest absolute Gasteiger partial charge is 0.223 e. The van der Waals surface area contributed by atoms with E-state index in [-0.39, 0.29) is 23.7 Å². The highest BCUT2D eigenvalue weighted by Crippen LogP contribution is 2.37. The molecule has 3 N–H and O–H groups in total. The van der Waals surface area contributed by atoms with Crippen molar-refractivity contribution in [2.45, 2.75) is 71.1 Å². The van der Waals surface area contributed by atoms with E-state index in [2.05, 4.69) is 5.32 Å². The topological polar surface area (TPSA) is 72.2 Å². The van der Waals surface area contributed by atoms with Crippen molar-refractivity contribution in [2.75, 3.05) is 6.54 Å². The van der Waals surface area contributed by atoms with E-state index < -0.39 is 0 Å². The van der Waals surface area contributed by atoms with Crippen LogP contribution in [-0.4, -0.2) is 18.4 Å². The number of rotatable bonds is 9. The Bertz CT molecular complexity index is 373. The third-order valence-corrected chi connectivity index (χ3v) is 5.71. The summed E-state index contributed by atoms with van der Waals surface area (Å²) in [6.45, 7) is 2.55. The molecular formula is C18H32N2O2. The first-order valence-electron chi connectivity index (χ1n) is 9.18. The van der Waals surface area contributed by atoms with E-state index in [0.717, 1.165) is 25.2 Å². The second-order valence-electron chi connectivity index (χ2n) is 7.27. The number of hydrogen-bond donors (Lipinski definition) is 2. The summed E-state index contributed by atoms with van der Waals surface area (Å²) >= 11 is 0. The predicted molar refractivity (Wildman–Crippen MR) is 88.0 cm³/mol. The van der Waals surface area contributed by atoms with Crippen molar-refractivity contribution >= 4 is 11.8 Å². The lowest BCUT2D eigenvalue weighted by Crippen LogP contribution is -2.42. The van der Waals surface area contributed by atoms with Crippen LogP contribution in [0.15, 0.2) is 0 Å². The zero-order valence-corrected chi connectivity index (χ0v) is 14.0. The molecule has 0 spiro atoms. The van der Waals surface area contributed by atoms with E-state index in [1.54, 1.807) is 0 Å². The molecule has 22 heavy (non-hydrogen) atoms. The number of amides is 2. The molecule has 0 aromatic carbocycles. The molecule has 2 amide bonds. The van der Waals surface area contributed by atoms with Crippen LogP contribution in [0.2, 0.25) is 0 Å². The first-order chi connectivity index (χ1) is 10.6. The number of nitrogens with one attached hydrogen (secondary N) is 1. The number of primary amides is 1. The maximum Gasteiger partial charge on any atom is 0.223 e. The minimum atomic E-state index is -0.284. The molecule has 4 heteroatoms. The average Bonchev–Trinajstić information content (AvgIpc) is 2.93. The minimum absolute atomic E-state index is 0.0321. The van der Waals surface area contributed by atoms with E-state index in [9.17, 15) is 9.59 Å². The van der Waals surface area contributed by atoms with E-state index in [0.29, 0.717) is 12.5 Å². The Kier molecular flexibility index (Phi) is 6.71. The van der Waals surface area contributed by atoms with Gasteiger partial charge in [-0.15, -0.1) is 0 Å². The van der Waals surface area contributed by atoms with Crippen LogP contribution in [0.1, 0.15) is 71.1 Å². The van der Waals surface area contributed by atoms with E-state index in [4.69, 9.17) is 5.73 Å². The molecule has 2 atom stereocenters. The summed E-state index contributed by atoms with van der Waals surface area (Å²) in [6.07, 6.45) is 11.5. The van der Waals surface area contributed by atoms with Gasteiger partial charge in [0.15, 0.2) is 0 Å². The summed E-state index contributed by atoms with van der Waals surface area (Å²) in [5.41, 5.74) is 5.67. The highest BCUT2D eigenvalue weighted by Gasteiger charge is 2.35. The summed E-state index contributed by atoms with van der Waals surface area (Å²) in [5.74, 6) is 0.594. The summed E-state index contributed by atoms with van der Waals surface area (Å²) in [7, 11) is 0. The lowest BCUT2D eigenvalue weighted by atomic mass is 9.73. The molecule has 2 fully saturated rings. The predicted octanol–water partition coefficient (Wildman–Crippen LogP) is 3.00. The maximum atomic E-state index is 12.4. The van der Waals surface area contributed by atoms with Gasteiger partial charge in [-0.3, -0.25) is 9.59 Å². The van der Waals surface area contributed by atoms with Gasteiger partial charge in [-0.1, -0.05) is 44.9 Å². The van der Waals surface area contributed by atoms with Crippen molar-refractivity contribution in [1.82, 2.24) is 5.32 Å². The first kappa shape index (κ1) is 17.3. The fraction of sp³-hybridized carbons (Fsp3) is 0.889. The Labute approximate surface area is 134 Å². The molecule has 2 saturated carbocycles. The van der Waals surface area contributed by atoms with Crippen LogP contribution in [0.25, 0.3) is 0 Å². The fourth-order valence-electron chi connectivity index (χ4n) is 4.10. The maximum absolute atomic E-state index is 12.4. The van der Waals surface area contributed by atoms with Crippen molar-refractivity contribution in [3.05, 3.63) is 0 Å². The SMILES string of the molecule is CCNC(=O)C(CC1CCC1)[C@H](CCC1CCCC1)C(N)=O. The van der Waals surface area contributed by atoms with E-state index >= 15 is 0 Å². The fourth-order valence-corrected chi connectivity index (χ4v) is 4.10. The average molecular weight is 308 g/mol. The quantitative estimate of drug-likeness (QED) is 0.687. The second kappa shape index (κ2) is 8.54. The molecule has 0 aromatic heterocycles. The molecule has 0 bridgehead atoms. The van der Waals surface area contributed by atoms with Crippen molar-refractivity contribution < 1.29 is 9.59 Å².